The standard InChI is InChI=1S/C14H21NO3S/c16-14-8-4-7-13(9-14)10-15-19(17,18)11-12-5-2-1-3-6-12/h4,7-9,12,15-16H,1-3,5-6,10-11H2. The second kappa shape index (κ2) is 6.39. The molecule has 19 heavy (non-hydrogen) atoms. The number of hydrogen-bond donors (Lipinski definition) is 2. The minimum atomic E-state index is -3.22. The predicted molar refractivity (Wildman–Crippen MR) is 75.3 cm³/mol. The first kappa shape index (κ1) is 14.3. The van der Waals surface area contributed by atoms with E-state index in [4.69, 9.17) is 0 Å². The third-order valence-corrected chi connectivity index (χ3v) is 5.08. The number of hydrogen-bond acceptors (Lipinski definition) is 3. The topological polar surface area (TPSA) is 66.4 Å². The van der Waals surface area contributed by atoms with Crippen LogP contribution in [0.2, 0.25) is 0 Å². The maximum Gasteiger partial charge on any atom is 0.212 e. The summed E-state index contributed by atoms with van der Waals surface area (Å²) in [5.74, 6) is 0.686. The third-order valence-electron chi connectivity index (χ3n) is 3.59. The molecule has 0 heterocycles. The Balaban J connectivity index is 1.86. The molecular weight excluding hydrogens is 262 g/mol. The summed E-state index contributed by atoms with van der Waals surface area (Å²) in [5.41, 5.74) is 0.771. The quantitative estimate of drug-likeness (QED) is 0.872. The fourth-order valence-corrected chi connectivity index (χ4v) is 4.04. The van der Waals surface area contributed by atoms with Gasteiger partial charge in [-0.25, -0.2) is 13.1 Å². The number of benzene rings is 1. The van der Waals surface area contributed by atoms with Gasteiger partial charge in [-0.3, -0.25) is 0 Å². The van der Waals surface area contributed by atoms with Crippen molar-refractivity contribution in [2.45, 2.75) is 38.6 Å². The van der Waals surface area contributed by atoms with Crippen LogP contribution in [-0.2, 0) is 16.6 Å². The first-order valence-corrected chi connectivity index (χ1v) is 8.46. The number of nitrogens with one attached hydrogen (secondary N) is 1. The van der Waals surface area contributed by atoms with Gasteiger partial charge in [-0.2, -0.15) is 0 Å². The maximum absolute atomic E-state index is 12.0. The molecule has 5 heteroatoms. The molecular formula is C14H21NO3S. The molecule has 1 aliphatic rings. The molecule has 2 N–H and O–H groups in total. The molecule has 0 unspecified atom stereocenters. The van der Waals surface area contributed by atoms with Crippen molar-refractivity contribution in [2.75, 3.05) is 5.75 Å². The Kier molecular flexibility index (Phi) is 4.82. The molecule has 1 aromatic carbocycles. The van der Waals surface area contributed by atoms with Crippen molar-refractivity contribution in [2.24, 2.45) is 5.92 Å². The summed E-state index contributed by atoms with van der Waals surface area (Å²) in [6.07, 6.45) is 5.56. The number of sulfonamides is 1. The predicted octanol–water partition coefficient (Wildman–Crippen LogP) is 2.39. The molecule has 0 bridgehead atoms. The molecule has 1 aromatic rings. The number of phenolic OH excluding ortho intramolecular Hbond substituents is 1. The first-order valence-electron chi connectivity index (χ1n) is 6.80. The second-order valence-corrected chi connectivity index (χ2v) is 7.13. The van der Waals surface area contributed by atoms with Gasteiger partial charge >= 0.3 is 0 Å². The Morgan fingerprint density at radius 1 is 1.21 bits per heavy atom. The zero-order valence-electron chi connectivity index (χ0n) is 11.0. The van der Waals surface area contributed by atoms with E-state index >= 15 is 0 Å². The highest BCUT2D eigenvalue weighted by atomic mass is 32.2. The van der Waals surface area contributed by atoms with E-state index in [0.717, 1.165) is 31.2 Å². The van der Waals surface area contributed by atoms with Gasteiger partial charge in [-0.15, -0.1) is 0 Å². The van der Waals surface area contributed by atoms with E-state index < -0.39 is 10.0 Å². The van der Waals surface area contributed by atoms with Crippen LogP contribution in [0.3, 0.4) is 0 Å². The Labute approximate surface area is 114 Å². The summed E-state index contributed by atoms with van der Waals surface area (Å²) >= 11 is 0. The van der Waals surface area contributed by atoms with Gasteiger partial charge in [0.2, 0.25) is 10.0 Å². The number of phenols is 1. The van der Waals surface area contributed by atoms with Crippen LogP contribution in [0.15, 0.2) is 24.3 Å². The lowest BCUT2D eigenvalue weighted by atomic mass is 9.91. The highest BCUT2D eigenvalue weighted by molar-refractivity contribution is 7.89. The van der Waals surface area contributed by atoms with Gasteiger partial charge in [0.15, 0.2) is 0 Å². The minimum Gasteiger partial charge on any atom is -0.508 e. The molecule has 0 amide bonds. The van der Waals surface area contributed by atoms with E-state index in [2.05, 4.69) is 4.72 Å². The zero-order valence-corrected chi connectivity index (χ0v) is 11.8. The van der Waals surface area contributed by atoms with Crippen molar-refractivity contribution in [3.8, 4) is 5.75 Å². The zero-order chi connectivity index (χ0) is 13.7. The van der Waals surface area contributed by atoms with E-state index in [9.17, 15) is 13.5 Å². The van der Waals surface area contributed by atoms with E-state index in [0.29, 0.717) is 5.92 Å². The van der Waals surface area contributed by atoms with Gasteiger partial charge in [0.25, 0.3) is 0 Å². The normalized spacial score (nSPS) is 17.5. The van der Waals surface area contributed by atoms with Crippen LogP contribution in [0, 0.1) is 5.92 Å². The molecule has 0 radical (unpaired) electrons. The third kappa shape index (κ3) is 4.84. The molecule has 0 aliphatic heterocycles. The van der Waals surface area contributed by atoms with Crippen molar-refractivity contribution < 1.29 is 13.5 Å². The van der Waals surface area contributed by atoms with Crippen LogP contribution >= 0.6 is 0 Å². The van der Waals surface area contributed by atoms with Gasteiger partial charge in [0.1, 0.15) is 5.75 Å². The molecule has 0 spiro atoms. The maximum atomic E-state index is 12.0. The molecule has 106 valence electrons. The SMILES string of the molecule is O=S(=O)(CC1CCCCC1)NCc1cccc(O)c1. The largest absolute Gasteiger partial charge is 0.508 e. The Morgan fingerprint density at radius 3 is 2.63 bits per heavy atom. The summed E-state index contributed by atoms with van der Waals surface area (Å²) in [5, 5.41) is 9.33. The fourth-order valence-electron chi connectivity index (χ4n) is 2.58. The smallest absolute Gasteiger partial charge is 0.212 e. The number of aromatic hydroxyl groups is 1. The van der Waals surface area contributed by atoms with Gasteiger partial charge in [0.05, 0.1) is 5.75 Å². The van der Waals surface area contributed by atoms with Crippen LogP contribution in [0.25, 0.3) is 0 Å². The molecule has 0 atom stereocenters. The monoisotopic (exact) mass is 283 g/mol. The summed E-state index contributed by atoms with van der Waals surface area (Å²) in [4.78, 5) is 0. The highest BCUT2D eigenvalue weighted by Gasteiger charge is 2.20. The van der Waals surface area contributed by atoms with Crippen molar-refractivity contribution in [1.82, 2.24) is 4.72 Å². The highest BCUT2D eigenvalue weighted by Crippen LogP contribution is 2.24. The van der Waals surface area contributed by atoms with E-state index in [1.165, 1.54) is 6.42 Å². The molecule has 1 saturated carbocycles. The van der Waals surface area contributed by atoms with Crippen molar-refractivity contribution in [3.05, 3.63) is 29.8 Å². The van der Waals surface area contributed by atoms with Crippen LogP contribution in [0.5, 0.6) is 5.75 Å². The van der Waals surface area contributed by atoms with Crippen LogP contribution in [0.4, 0.5) is 0 Å². The van der Waals surface area contributed by atoms with Crippen molar-refractivity contribution >= 4 is 10.0 Å². The number of rotatable bonds is 5. The molecule has 0 saturated heterocycles. The molecule has 1 fully saturated rings. The van der Waals surface area contributed by atoms with Gasteiger partial charge in [-0.1, -0.05) is 31.4 Å². The lowest BCUT2D eigenvalue weighted by Crippen LogP contribution is -2.30. The lowest BCUT2D eigenvalue weighted by molar-refractivity contribution is 0.384. The molecule has 2 rings (SSSR count). The fraction of sp³-hybridized carbons (Fsp3) is 0.571. The van der Waals surface area contributed by atoms with Crippen LogP contribution in [0.1, 0.15) is 37.7 Å². The van der Waals surface area contributed by atoms with Crippen molar-refractivity contribution in [1.29, 1.82) is 0 Å². The summed E-state index contributed by atoms with van der Waals surface area (Å²) in [6, 6.07) is 6.64. The van der Waals surface area contributed by atoms with Gasteiger partial charge in [-0.05, 0) is 36.5 Å². The minimum absolute atomic E-state index is 0.156. The Bertz CT molecular complexity index is 507. The molecule has 4 nitrogen and oxygen atoms in total. The Morgan fingerprint density at radius 2 is 1.95 bits per heavy atom. The molecule has 1 aliphatic carbocycles. The van der Waals surface area contributed by atoms with Crippen LogP contribution in [-0.4, -0.2) is 19.3 Å². The van der Waals surface area contributed by atoms with Gasteiger partial charge in [0, 0.05) is 6.54 Å². The first-order chi connectivity index (χ1) is 9.05. The molecule has 0 aromatic heterocycles. The Hall–Kier alpha value is -1.07. The average Bonchev–Trinajstić information content (AvgIpc) is 2.37. The van der Waals surface area contributed by atoms with Gasteiger partial charge < -0.3 is 5.11 Å². The van der Waals surface area contributed by atoms with Crippen LogP contribution < -0.4 is 4.72 Å². The van der Waals surface area contributed by atoms with Crippen molar-refractivity contribution in [3.63, 3.8) is 0 Å². The van der Waals surface area contributed by atoms with E-state index in [-0.39, 0.29) is 18.0 Å². The lowest BCUT2D eigenvalue weighted by Gasteiger charge is -2.21. The summed E-state index contributed by atoms with van der Waals surface area (Å²) in [6.45, 7) is 0.240. The second-order valence-electron chi connectivity index (χ2n) is 5.28. The summed E-state index contributed by atoms with van der Waals surface area (Å²) in [7, 11) is -3.22. The van der Waals surface area contributed by atoms with E-state index in [1.54, 1.807) is 24.3 Å². The average molecular weight is 283 g/mol. The van der Waals surface area contributed by atoms with E-state index in [1.807, 2.05) is 0 Å². The summed E-state index contributed by atoms with van der Waals surface area (Å²) < 4.78 is 26.6.